The number of nitrogens with zero attached hydrogens (tertiary/aromatic N) is 3. The second-order valence-corrected chi connectivity index (χ2v) is 7.33. The number of nitrogens with one attached hydrogen (secondary N) is 1. The van der Waals surface area contributed by atoms with Gasteiger partial charge in [-0.2, -0.15) is 0 Å². The Morgan fingerprint density at radius 3 is 2.69 bits per heavy atom. The highest BCUT2D eigenvalue weighted by Gasteiger charge is 2.19. The van der Waals surface area contributed by atoms with Gasteiger partial charge in [-0.05, 0) is 63.1 Å². The summed E-state index contributed by atoms with van der Waals surface area (Å²) in [7, 11) is 0. The summed E-state index contributed by atoms with van der Waals surface area (Å²) in [6.07, 6.45) is 1.61. The minimum atomic E-state index is -0.0730. The number of aryl methyl sites for hydroxylation is 2. The molecule has 6 nitrogen and oxygen atoms in total. The Balaban J connectivity index is 1.69. The van der Waals surface area contributed by atoms with Crippen molar-refractivity contribution in [2.45, 2.75) is 38.9 Å². The molecular weight excluding hydrogens is 348 g/mol. The summed E-state index contributed by atoms with van der Waals surface area (Å²) in [6.45, 7) is 8.18. The minimum Gasteiger partial charge on any atom is -0.461 e. The Labute approximate surface area is 157 Å². The van der Waals surface area contributed by atoms with Crippen LogP contribution in [0.15, 0.2) is 46.2 Å². The zero-order chi connectivity index (χ0) is 18.7. The van der Waals surface area contributed by atoms with E-state index in [4.69, 9.17) is 4.42 Å². The number of anilines is 1. The van der Waals surface area contributed by atoms with Crippen LogP contribution in [0.4, 0.5) is 5.69 Å². The van der Waals surface area contributed by atoms with Crippen LogP contribution in [0.1, 0.15) is 31.0 Å². The van der Waals surface area contributed by atoms with Crippen LogP contribution in [0.2, 0.25) is 0 Å². The van der Waals surface area contributed by atoms with Crippen molar-refractivity contribution in [3.8, 4) is 11.6 Å². The maximum Gasteiger partial charge on any atom is 0.234 e. The molecule has 2 aromatic heterocycles. The van der Waals surface area contributed by atoms with Crippen molar-refractivity contribution in [1.29, 1.82) is 0 Å². The van der Waals surface area contributed by atoms with E-state index in [-0.39, 0.29) is 17.7 Å². The molecular formula is C19H22N4O2S. The summed E-state index contributed by atoms with van der Waals surface area (Å²) < 4.78 is 7.42. The van der Waals surface area contributed by atoms with Gasteiger partial charge in [-0.3, -0.25) is 9.36 Å². The molecule has 0 aliphatic rings. The van der Waals surface area contributed by atoms with Crippen LogP contribution in [0.25, 0.3) is 11.6 Å². The third-order valence-corrected chi connectivity index (χ3v) is 4.99. The summed E-state index contributed by atoms with van der Waals surface area (Å²) in [6, 6.07) is 9.71. The molecule has 0 bridgehead atoms. The number of thioether (sulfide) groups is 1. The van der Waals surface area contributed by atoms with Crippen molar-refractivity contribution in [3.05, 3.63) is 47.7 Å². The number of hydrogen-bond donors (Lipinski definition) is 1. The standard InChI is InChI=1S/C19H22N4O2S/c1-12(2)23-18(16-6-5-9-25-16)21-22-19(23)26-11-17(24)20-15-8-7-13(3)14(4)10-15/h5-10,12H,11H2,1-4H3,(H,20,24). The number of furan rings is 1. The van der Waals surface area contributed by atoms with E-state index in [1.807, 2.05) is 48.7 Å². The first-order valence-electron chi connectivity index (χ1n) is 8.44. The summed E-state index contributed by atoms with van der Waals surface area (Å²) in [5.74, 6) is 1.52. The molecule has 1 N–H and O–H groups in total. The summed E-state index contributed by atoms with van der Waals surface area (Å²) in [5, 5.41) is 12.1. The normalized spacial score (nSPS) is 11.1. The molecule has 0 unspecified atom stereocenters. The van der Waals surface area contributed by atoms with E-state index < -0.39 is 0 Å². The molecule has 1 amide bonds. The Morgan fingerprint density at radius 1 is 1.23 bits per heavy atom. The molecule has 0 saturated heterocycles. The van der Waals surface area contributed by atoms with Crippen LogP contribution in [-0.4, -0.2) is 26.4 Å². The quantitative estimate of drug-likeness (QED) is 0.648. The molecule has 3 aromatic rings. The fourth-order valence-electron chi connectivity index (χ4n) is 2.56. The smallest absolute Gasteiger partial charge is 0.234 e. The van der Waals surface area contributed by atoms with Gasteiger partial charge in [-0.25, -0.2) is 0 Å². The van der Waals surface area contributed by atoms with Crippen LogP contribution in [-0.2, 0) is 4.79 Å². The Bertz CT molecular complexity index is 900. The maximum atomic E-state index is 12.3. The monoisotopic (exact) mass is 370 g/mol. The number of aromatic nitrogens is 3. The highest BCUT2D eigenvalue weighted by Crippen LogP contribution is 2.28. The van der Waals surface area contributed by atoms with Gasteiger partial charge < -0.3 is 9.73 Å². The molecule has 0 fully saturated rings. The molecule has 3 rings (SSSR count). The lowest BCUT2D eigenvalue weighted by Crippen LogP contribution is -2.15. The highest BCUT2D eigenvalue weighted by atomic mass is 32.2. The van der Waals surface area contributed by atoms with Crippen LogP contribution in [0.5, 0.6) is 0 Å². The van der Waals surface area contributed by atoms with E-state index in [0.29, 0.717) is 16.7 Å². The molecule has 7 heteroatoms. The fourth-order valence-corrected chi connectivity index (χ4v) is 3.43. The van der Waals surface area contributed by atoms with Crippen LogP contribution < -0.4 is 5.32 Å². The lowest BCUT2D eigenvalue weighted by Gasteiger charge is -2.12. The van der Waals surface area contributed by atoms with E-state index in [1.165, 1.54) is 17.3 Å². The van der Waals surface area contributed by atoms with E-state index in [1.54, 1.807) is 6.26 Å². The van der Waals surface area contributed by atoms with Gasteiger partial charge in [-0.1, -0.05) is 17.8 Å². The van der Waals surface area contributed by atoms with Gasteiger partial charge in [0.2, 0.25) is 11.7 Å². The molecule has 1 aromatic carbocycles. The predicted molar refractivity (Wildman–Crippen MR) is 103 cm³/mol. The van der Waals surface area contributed by atoms with Gasteiger partial charge in [0, 0.05) is 11.7 Å². The van der Waals surface area contributed by atoms with Gasteiger partial charge in [0.15, 0.2) is 10.9 Å². The van der Waals surface area contributed by atoms with E-state index in [0.717, 1.165) is 11.3 Å². The number of carbonyl (C=O) groups is 1. The molecule has 0 spiro atoms. The van der Waals surface area contributed by atoms with Crippen molar-refractivity contribution >= 4 is 23.4 Å². The van der Waals surface area contributed by atoms with Crippen molar-refractivity contribution in [2.24, 2.45) is 0 Å². The van der Waals surface area contributed by atoms with Crippen LogP contribution >= 0.6 is 11.8 Å². The van der Waals surface area contributed by atoms with E-state index >= 15 is 0 Å². The fraction of sp³-hybridized carbons (Fsp3) is 0.316. The predicted octanol–water partition coefficient (Wildman–Crippen LogP) is 4.47. The minimum absolute atomic E-state index is 0.0730. The van der Waals surface area contributed by atoms with E-state index in [2.05, 4.69) is 29.4 Å². The zero-order valence-electron chi connectivity index (χ0n) is 15.3. The Morgan fingerprint density at radius 2 is 2.04 bits per heavy atom. The number of carbonyl (C=O) groups excluding carboxylic acids is 1. The average molecular weight is 370 g/mol. The lowest BCUT2D eigenvalue weighted by atomic mass is 10.1. The van der Waals surface area contributed by atoms with Crippen molar-refractivity contribution < 1.29 is 9.21 Å². The Kier molecular flexibility index (Phi) is 5.46. The first-order chi connectivity index (χ1) is 12.5. The molecule has 0 aliphatic carbocycles. The number of amides is 1. The molecule has 0 aliphatic heterocycles. The van der Waals surface area contributed by atoms with Crippen LogP contribution in [0.3, 0.4) is 0 Å². The number of hydrogen-bond acceptors (Lipinski definition) is 5. The SMILES string of the molecule is Cc1ccc(NC(=O)CSc2nnc(-c3ccco3)n2C(C)C)cc1C. The van der Waals surface area contributed by atoms with Gasteiger partial charge in [0.05, 0.1) is 12.0 Å². The largest absolute Gasteiger partial charge is 0.461 e. The topological polar surface area (TPSA) is 73.0 Å². The molecule has 26 heavy (non-hydrogen) atoms. The van der Waals surface area contributed by atoms with Gasteiger partial charge in [-0.15, -0.1) is 10.2 Å². The molecule has 0 saturated carbocycles. The average Bonchev–Trinajstić information content (AvgIpc) is 3.25. The summed E-state index contributed by atoms with van der Waals surface area (Å²) in [4.78, 5) is 12.3. The second kappa shape index (κ2) is 7.78. The third kappa shape index (κ3) is 3.99. The lowest BCUT2D eigenvalue weighted by molar-refractivity contribution is -0.113. The van der Waals surface area contributed by atoms with Gasteiger partial charge in [0.25, 0.3) is 0 Å². The van der Waals surface area contributed by atoms with Crippen molar-refractivity contribution in [1.82, 2.24) is 14.8 Å². The maximum absolute atomic E-state index is 12.3. The molecule has 0 atom stereocenters. The van der Waals surface area contributed by atoms with E-state index in [9.17, 15) is 4.79 Å². The number of rotatable bonds is 6. The van der Waals surface area contributed by atoms with Gasteiger partial charge >= 0.3 is 0 Å². The number of benzene rings is 1. The highest BCUT2D eigenvalue weighted by molar-refractivity contribution is 7.99. The first-order valence-corrected chi connectivity index (χ1v) is 9.43. The summed E-state index contributed by atoms with van der Waals surface area (Å²) >= 11 is 1.36. The molecule has 136 valence electrons. The summed E-state index contributed by atoms with van der Waals surface area (Å²) in [5.41, 5.74) is 3.16. The van der Waals surface area contributed by atoms with Crippen molar-refractivity contribution in [3.63, 3.8) is 0 Å². The Hall–Kier alpha value is -2.54. The molecule has 2 heterocycles. The third-order valence-electron chi connectivity index (χ3n) is 4.05. The molecule has 0 radical (unpaired) electrons. The van der Waals surface area contributed by atoms with Crippen LogP contribution in [0, 0.1) is 13.8 Å². The zero-order valence-corrected chi connectivity index (χ0v) is 16.1. The van der Waals surface area contributed by atoms with Gasteiger partial charge in [0.1, 0.15) is 0 Å². The first kappa shape index (κ1) is 18.3. The van der Waals surface area contributed by atoms with Crippen molar-refractivity contribution in [2.75, 3.05) is 11.1 Å². The second-order valence-electron chi connectivity index (χ2n) is 6.38.